The summed E-state index contributed by atoms with van der Waals surface area (Å²) in [6.45, 7) is 10.2. The van der Waals surface area contributed by atoms with Gasteiger partial charge in [0.2, 0.25) is 0 Å². The third-order valence-electron chi connectivity index (χ3n) is 2.89. The second-order valence-electron chi connectivity index (χ2n) is 5.80. The molecule has 0 saturated heterocycles. The lowest BCUT2D eigenvalue weighted by Gasteiger charge is -2.31. The first-order valence-corrected chi connectivity index (χ1v) is 6.97. The number of hydrogen-bond donors (Lipinski definition) is 0. The van der Waals surface area contributed by atoms with E-state index >= 15 is 0 Å². The fourth-order valence-electron chi connectivity index (χ4n) is 2.03. The highest BCUT2D eigenvalue weighted by atomic mass is 16.6. The normalized spacial score (nSPS) is 14.5. The molecule has 1 aliphatic rings. The van der Waals surface area contributed by atoms with Crippen molar-refractivity contribution >= 4 is 17.9 Å². The van der Waals surface area contributed by atoms with Gasteiger partial charge >= 0.3 is 6.09 Å². The standard InChI is InChI=1S/C17H21NO3/c1-5-6-7-13-8-9-14-15(12-13)20-11-10-18(14)16(19)21-17(2,3)4/h5-9,12H,1,10-11H2,2-4H3/b7-6+. The van der Waals surface area contributed by atoms with Crippen molar-refractivity contribution in [2.75, 3.05) is 18.1 Å². The van der Waals surface area contributed by atoms with Crippen LogP contribution in [0.5, 0.6) is 5.75 Å². The highest BCUT2D eigenvalue weighted by molar-refractivity contribution is 5.90. The van der Waals surface area contributed by atoms with Gasteiger partial charge in [-0.05, 0) is 38.5 Å². The van der Waals surface area contributed by atoms with E-state index in [4.69, 9.17) is 9.47 Å². The highest BCUT2D eigenvalue weighted by Gasteiger charge is 2.28. The van der Waals surface area contributed by atoms with Crippen LogP contribution >= 0.6 is 0 Å². The molecule has 0 aliphatic carbocycles. The van der Waals surface area contributed by atoms with Crippen molar-refractivity contribution in [3.05, 3.63) is 42.5 Å². The average Bonchev–Trinajstić information content (AvgIpc) is 2.42. The predicted molar refractivity (Wildman–Crippen MR) is 84.7 cm³/mol. The zero-order chi connectivity index (χ0) is 15.5. The quantitative estimate of drug-likeness (QED) is 0.771. The molecular formula is C17H21NO3. The monoisotopic (exact) mass is 287 g/mol. The molecule has 0 bridgehead atoms. The Morgan fingerprint density at radius 1 is 1.43 bits per heavy atom. The van der Waals surface area contributed by atoms with Crippen LogP contribution < -0.4 is 9.64 Å². The average molecular weight is 287 g/mol. The smallest absolute Gasteiger partial charge is 0.415 e. The zero-order valence-electron chi connectivity index (χ0n) is 12.8. The van der Waals surface area contributed by atoms with Gasteiger partial charge in [0.15, 0.2) is 0 Å². The van der Waals surface area contributed by atoms with E-state index in [1.165, 1.54) is 0 Å². The van der Waals surface area contributed by atoms with Gasteiger partial charge < -0.3 is 9.47 Å². The molecular weight excluding hydrogens is 266 g/mol. The summed E-state index contributed by atoms with van der Waals surface area (Å²) in [4.78, 5) is 13.9. The van der Waals surface area contributed by atoms with Crippen LogP contribution in [0.3, 0.4) is 0 Å². The summed E-state index contributed by atoms with van der Waals surface area (Å²) < 4.78 is 11.1. The molecule has 0 radical (unpaired) electrons. The van der Waals surface area contributed by atoms with E-state index in [2.05, 4.69) is 6.58 Å². The van der Waals surface area contributed by atoms with E-state index in [1.54, 1.807) is 11.0 Å². The molecule has 0 fully saturated rings. The number of ether oxygens (including phenoxy) is 2. The molecule has 21 heavy (non-hydrogen) atoms. The van der Waals surface area contributed by atoms with E-state index in [0.717, 1.165) is 11.3 Å². The molecule has 1 aromatic rings. The van der Waals surface area contributed by atoms with Crippen molar-refractivity contribution in [1.82, 2.24) is 0 Å². The van der Waals surface area contributed by atoms with Gasteiger partial charge in [-0.15, -0.1) is 0 Å². The molecule has 1 amide bonds. The third-order valence-corrected chi connectivity index (χ3v) is 2.89. The molecule has 4 nitrogen and oxygen atoms in total. The maximum absolute atomic E-state index is 12.3. The van der Waals surface area contributed by atoms with Crippen LogP contribution in [-0.4, -0.2) is 24.8 Å². The Labute approximate surface area is 125 Å². The summed E-state index contributed by atoms with van der Waals surface area (Å²) in [5, 5.41) is 0. The van der Waals surface area contributed by atoms with Crippen molar-refractivity contribution in [1.29, 1.82) is 0 Å². The number of hydrogen-bond acceptors (Lipinski definition) is 3. The van der Waals surface area contributed by atoms with Gasteiger partial charge in [-0.3, -0.25) is 4.90 Å². The Bertz CT molecular complexity index is 570. The van der Waals surface area contributed by atoms with Gasteiger partial charge in [-0.25, -0.2) is 4.79 Å². The number of amides is 1. The summed E-state index contributed by atoms with van der Waals surface area (Å²) in [6, 6.07) is 5.72. The number of rotatable bonds is 2. The van der Waals surface area contributed by atoms with Crippen LogP contribution in [0, 0.1) is 0 Å². The van der Waals surface area contributed by atoms with Crippen molar-refractivity contribution in [3.63, 3.8) is 0 Å². The number of nitrogens with zero attached hydrogens (tertiary/aromatic N) is 1. The Kier molecular flexibility index (Phi) is 4.36. The summed E-state index contributed by atoms with van der Waals surface area (Å²) in [7, 11) is 0. The number of carbonyl (C=O) groups excluding carboxylic acids is 1. The largest absolute Gasteiger partial charge is 0.490 e. The molecule has 112 valence electrons. The number of fused-ring (bicyclic) bond motifs is 1. The molecule has 0 atom stereocenters. The van der Waals surface area contributed by atoms with Crippen molar-refractivity contribution in [2.45, 2.75) is 26.4 Å². The molecule has 0 aromatic heterocycles. The molecule has 1 aromatic carbocycles. The predicted octanol–water partition coefficient (Wildman–Crippen LogP) is 4.02. The van der Waals surface area contributed by atoms with Gasteiger partial charge in [0.1, 0.15) is 18.0 Å². The lowest BCUT2D eigenvalue weighted by molar-refractivity contribution is 0.0568. The van der Waals surface area contributed by atoms with Crippen LogP contribution in [0.25, 0.3) is 6.08 Å². The Hall–Kier alpha value is -2.23. The number of anilines is 1. The summed E-state index contributed by atoms with van der Waals surface area (Å²) in [5.74, 6) is 0.693. The highest BCUT2D eigenvalue weighted by Crippen LogP contribution is 2.33. The topological polar surface area (TPSA) is 38.8 Å². The van der Waals surface area contributed by atoms with E-state index in [9.17, 15) is 4.79 Å². The summed E-state index contributed by atoms with van der Waals surface area (Å²) in [6.07, 6.45) is 5.16. The molecule has 0 spiro atoms. The summed E-state index contributed by atoms with van der Waals surface area (Å²) >= 11 is 0. The molecule has 1 aliphatic heterocycles. The lowest BCUT2D eigenvalue weighted by atomic mass is 10.1. The number of benzene rings is 1. The van der Waals surface area contributed by atoms with Gasteiger partial charge in [0, 0.05) is 0 Å². The Balaban J connectivity index is 2.25. The van der Waals surface area contributed by atoms with Crippen LogP contribution in [0.1, 0.15) is 26.3 Å². The van der Waals surface area contributed by atoms with E-state index in [-0.39, 0.29) is 6.09 Å². The van der Waals surface area contributed by atoms with Crippen LogP contribution in [0.15, 0.2) is 36.9 Å². The second kappa shape index (κ2) is 6.04. The number of carbonyl (C=O) groups is 1. The summed E-state index contributed by atoms with van der Waals surface area (Å²) in [5.41, 5.74) is 1.23. The van der Waals surface area contributed by atoms with Gasteiger partial charge in [-0.1, -0.05) is 30.9 Å². The van der Waals surface area contributed by atoms with Crippen molar-refractivity contribution < 1.29 is 14.3 Å². The molecule has 0 saturated carbocycles. The fourth-order valence-corrected chi connectivity index (χ4v) is 2.03. The molecule has 0 unspecified atom stereocenters. The number of allylic oxidation sites excluding steroid dienone is 2. The zero-order valence-corrected chi connectivity index (χ0v) is 12.8. The van der Waals surface area contributed by atoms with E-state index in [0.29, 0.717) is 18.9 Å². The molecule has 2 rings (SSSR count). The molecule has 0 N–H and O–H groups in total. The second-order valence-corrected chi connectivity index (χ2v) is 5.80. The molecule has 1 heterocycles. The van der Waals surface area contributed by atoms with E-state index in [1.807, 2.05) is 51.1 Å². The Morgan fingerprint density at radius 2 is 2.19 bits per heavy atom. The van der Waals surface area contributed by atoms with Gasteiger partial charge in [-0.2, -0.15) is 0 Å². The minimum Gasteiger partial charge on any atom is -0.490 e. The Morgan fingerprint density at radius 3 is 2.86 bits per heavy atom. The van der Waals surface area contributed by atoms with E-state index < -0.39 is 5.60 Å². The molecule has 4 heteroatoms. The fraction of sp³-hybridized carbons (Fsp3) is 0.353. The first-order chi connectivity index (χ1) is 9.90. The third kappa shape index (κ3) is 3.88. The van der Waals surface area contributed by atoms with Crippen molar-refractivity contribution in [3.8, 4) is 5.75 Å². The SMILES string of the molecule is C=C/C=C/c1ccc2c(c1)OCCN2C(=O)OC(C)(C)C. The minimum atomic E-state index is -0.512. The van der Waals surface area contributed by atoms with Gasteiger partial charge in [0.05, 0.1) is 12.2 Å². The van der Waals surface area contributed by atoms with Crippen LogP contribution in [0.4, 0.5) is 10.5 Å². The first kappa shape index (κ1) is 15.2. The van der Waals surface area contributed by atoms with Crippen LogP contribution in [-0.2, 0) is 4.74 Å². The first-order valence-electron chi connectivity index (χ1n) is 6.97. The maximum Gasteiger partial charge on any atom is 0.415 e. The van der Waals surface area contributed by atoms with Crippen molar-refractivity contribution in [2.24, 2.45) is 0 Å². The lowest BCUT2D eigenvalue weighted by Crippen LogP contribution is -2.41. The minimum absolute atomic E-state index is 0.346. The van der Waals surface area contributed by atoms with Gasteiger partial charge in [0.25, 0.3) is 0 Å². The maximum atomic E-state index is 12.3. The van der Waals surface area contributed by atoms with Crippen LogP contribution in [0.2, 0.25) is 0 Å².